The van der Waals surface area contributed by atoms with E-state index in [1.807, 2.05) is 13.8 Å². The van der Waals surface area contributed by atoms with Crippen LogP contribution in [0.15, 0.2) is 34.7 Å². The van der Waals surface area contributed by atoms with Crippen molar-refractivity contribution in [2.24, 2.45) is 0 Å². The summed E-state index contributed by atoms with van der Waals surface area (Å²) in [7, 11) is 0. The van der Waals surface area contributed by atoms with Gasteiger partial charge in [-0.3, -0.25) is 4.79 Å². The van der Waals surface area contributed by atoms with Crippen molar-refractivity contribution in [2.75, 3.05) is 13.1 Å². The molecular formula is C22H24F3N3O3. The van der Waals surface area contributed by atoms with Crippen molar-refractivity contribution in [1.82, 2.24) is 14.9 Å². The summed E-state index contributed by atoms with van der Waals surface area (Å²) in [5.41, 5.74) is 0.687. The molecule has 1 fully saturated rings. The number of piperidine rings is 1. The first-order valence-corrected chi connectivity index (χ1v) is 10.3. The SMILES string of the molecule is CC(C)OCc1ccc(C(=O)N2CCC[C@@H](c3cc4nc(C(F)(F)F)ccc4[nH]3)C2)o1. The van der Waals surface area contributed by atoms with Crippen molar-refractivity contribution in [3.8, 4) is 0 Å². The van der Waals surface area contributed by atoms with E-state index in [1.165, 1.54) is 6.07 Å². The number of nitrogens with one attached hydrogen (secondary N) is 1. The highest BCUT2D eigenvalue weighted by molar-refractivity contribution is 5.91. The van der Waals surface area contributed by atoms with Crippen LogP contribution in [-0.4, -0.2) is 40.0 Å². The lowest BCUT2D eigenvalue weighted by molar-refractivity contribution is -0.140. The fourth-order valence-electron chi connectivity index (χ4n) is 3.80. The number of nitrogens with zero attached hydrogens (tertiary/aromatic N) is 2. The van der Waals surface area contributed by atoms with Crippen LogP contribution in [0.25, 0.3) is 11.0 Å². The van der Waals surface area contributed by atoms with Gasteiger partial charge in [0.2, 0.25) is 0 Å². The molecule has 1 aliphatic rings. The molecule has 0 aromatic carbocycles. The van der Waals surface area contributed by atoms with E-state index in [0.29, 0.717) is 31.0 Å². The quantitative estimate of drug-likeness (QED) is 0.604. The largest absolute Gasteiger partial charge is 0.453 e. The Morgan fingerprint density at radius 1 is 1.32 bits per heavy atom. The van der Waals surface area contributed by atoms with Crippen molar-refractivity contribution in [2.45, 2.75) is 51.5 Å². The number of halogens is 3. The van der Waals surface area contributed by atoms with Crippen LogP contribution in [-0.2, 0) is 17.5 Å². The number of aromatic amines is 1. The van der Waals surface area contributed by atoms with E-state index in [1.54, 1.807) is 23.1 Å². The van der Waals surface area contributed by atoms with Gasteiger partial charge in [0.1, 0.15) is 18.1 Å². The average Bonchev–Trinajstić information content (AvgIpc) is 3.37. The zero-order valence-electron chi connectivity index (χ0n) is 17.3. The molecular weight excluding hydrogens is 411 g/mol. The number of amides is 1. The number of carbonyl (C=O) groups is 1. The predicted octanol–water partition coefficient (Wildman–Crippen LogP) is 5.12. The lowest BCUT2D eigenvalue weighted by Crippen LogP contribution is -2.39. The fraction of sp³-hybridized carbons (Fsp3) is 0.455. The van der Waals surface area contributed by atoms with Crippen LogP contribution in [0.2, 0.25) is 0 Å². The van der Waals surface area contributed by atoms with Crippen LogP contribution in [0.4, 0.5) is 13.2 Å². The van der Waals surface area contributed by atoms with Crippen LogP contribution in [0.5, 0.6) is 0 Å². The Balaban J connectivity index is 1.47. The number of rotatable bonds is 5. The van der Waals surface area contributed by atoms with Crippen molar-refractivity contribution in [3.05, 3.63) is 53.2 Å². The van der Waals surface area contributed by atoms with E-state index in [4.69, 9.17) is 9.15 Å². The monoisotopic (exact) mass is 435 g/mol. The second kappa shape index (κ2) is 8.37. The van der Waals surface area contributed by atoms with Gasteiger partial charge in [0.05, 0.1) is 17.1 Å². The first-order chi connectivity index (χ1) is 14.7. The van der Waals surface area contributed by atoms with Gasteiger partial charge < -0.3 is 19.0 Å². The number of fused-ring (bicyclic) bond motifs is 1. The highest BCUT2D eigenvalue weighted by Gasteiger charge is 2.33. The van der Waals surface area contributed by atoms with E-state index >= 15 is 0 Å². The van der Waals surface area contributed by atoms with Gasteiger partial charge in [-0.25, -0.2) is 4.98 Å². The Morgan fingerprint density at radius 2 is 2.13 bits per heavy atom. The van der Waals surface area contributed by atoms with Crippen LogP contribution in [0, 0.1) is 0 Å². The van der Waals surface area contributed by atoms with E-state index in [0.717, 1.165) is 24.6 Å². The van der Waals surface area contributed by atoms with Crippen molar-refractivity contribution in [3.63, 3.8) is 0 Å². The van der Waals surface area contributed by atoms with Crippen LogP contribution >= 0.6 is 0 Å². The molecule has 1 amide bonds. The molecule has 0 radical (unpaired) electrons. The molecule has 31 heavy (non-hydrogen) atoms. The van der Waals surface area contributed by atoms with Crippen LogP contribution < -0.4 is 0 Å². The van der Waals surface area contributed by atoms with Gasteiger partial charge in [-0.05, 0) is 57.0 Å². The van der Waals surface area contributed by atoms with Gasteiger partial charge in [0, 0.05) is 24.7 Å². The number of likely N-dealkylation sites (tertiary alicyclic amines) is 1. The highest BCUT2D eigenvalue weighted by Crippen LogP contribution is 2.32. The van der Waals surface area contributed by atoms with Crippen molar-refractivity contribution in [1.29, 1.82) is 0 Å². The Labute approximate surface area is 177 Å². The molecule has 0 saturated carbocycles. The van der Waals surface area contributed by atoms with Gasteiger partial charge in [0.25, 0.3) is 5.91 Å². The molecule has 0 aliphatic carbocycles. The Hall–Kier alpha value is -2.81. The van der Waals surface area contributed by atoms with Gasteiger partial charge in [-0.1, -0.05) is 0 Å². The maximum Gasteiger partial charge on any atom is 0.433 e. The standard InChI is InChI=1S/C22H24F3N3O3/c1-13(2)30-12-15-5-7-19(31-15)21(29)28-9-3-4-14(11-28)17-10-18-16(26-17)6-8-20(27-18)22(23,24)25/h5-8,10,13-14,26H,3-4,9,11-12H2,1-2H3/t14-/m1/s1. The molecule has 0 bridgehead atoms. The topological polar surface area (TPSA) is 71.4 Å². The minimum atomic E-state index is -4.48. The van der Waals surface area contributed by atoms with Crippen molar-refractivity contribution < 1.29 is 27.1 Å². The molecule has 3 aromatic heterocycles. The molecule has 4 rings (SSSR count). The molecule has 1 saturated heterocycles. The summed E-state index contributed by atoms with van der Waals surface area (Å²) in [5.74, 6) is 0.637. The Morgan fingerprint density at radius 3 is 2.87 bits per heavy atom. The fourth-order valence-corrected chi connectivity index (χ4v) is 3.80. The maximum absolute atomic E-state index is 12.9. The molecule has 0 unspecified atom stereocenters. The zero-order chi connectivity index (χ0) is 22.2. The molecule has 4 heterocycles. The average molecular weight is 435 g/mol. The molecule has 166 valence electrons. The third kappa shape index (κ3) is 4.76. The summed E-state index contributed by atoms with van der Waals surface area (Å²) in [6.07, 6.45) is -2.81. The summed E-state index contributed by atoms with van der Waals surface area (Å²) in [6, 6.07) is 7.40. The number of aromatic nitrogens is 2. The van der Waals surface area contributed by atoms with E-state index < -0.39 is 11.9 Å². The molecule has 9 heteroatoms. The smallest absolute Gasteiger partial charge is 0.433 e. The predicted molar refractivity (Wildman–Crippen MR) is 108 cm³/mol. The third-order valence-electron chi connectivity index (χ3n) is 5.37. The second-order valence-electron chi connectivity index (χ2n) is 8.07. The molecule has 0 spiro atoms. The summed E-state index contributed by atoms with van der Waals surface area (Å²) >= 11 is 0. The third-order valence-corrected chi connectivity index (χ3v) is 5.37. The molecule has 3 aromatic rings. The van der Waals surface area contributed by atoms with Crippen molar-refractivity contribution >= 4 is 16.9 Å². The number of H-pyrrole nitrogens is 1. The van der Waals surface area contributed by atoms with Gasteiger partial charge >= 0.3 is 6.18 Å². The minimum Gasteiger partial charge on any atom is -0.453 e. The number of carbonyl (C=O) groups excluding carboxylic acids is 1. The summed E-state index contributed by atoms with van der Waals surface area (Å²) < 4.78 is 49.9. The zero-order valence-corrected chi connectivity index (χ0v) is 17.3. The summed E-state index contributed by atoms with van der Waals surface area (Å²) in [6.45, 7) is 5.20. The number of pyridine rings is 1. The van der Waals surface area contributed by atoms with E-state index in [-0.39, 0.29) is 29.2 Å². The molecule has 1 N–H and O–H groups in total. The van der Waals surface area contributed by atoms with Crippen LogP contribution in [0.3, 0.4) is 0 Å². The number of furan rings is 1. The second-order valence-corrected chi connectivity index (χ2v) is 8.07. The first kappa shape index (κ1) is 21.4. The highest BCUT2D eigenvalue weighted by atomic mass is 19.4. The number of ether oxygens (including phenoxy) is 1. The molecule has 1 aliphatic heterocycles. The van der Waals surface area contributed by atoms with Gasteiger partial charge in [0.15, 0.2) is 5.76 Å². The summed E-state index contributed by atoms with van der Waals surface area (Å²) in [4.78, 5) is 21.5. The normalized spacial score (nSPS) is 17.6. The summed E-state index contributed by atoms with van der Waals surface area (Å²) in [5, 5.41) is 0. The maximum atomic E-state index is 12.9. The minimum absolute atomic E-state index is 0.0139. The molecule has 1 atom stereocenters. The number of hydrogen-bond donors (Lipinski definition) is 1. The lowest BCUT2D eigenvalue weighted by atomic mass is 9.94. The Bertz CT molecular complexity index is 1070. The van der Waals surface area contributed by atoms with E-state index in [2.05, 4.69) is 9.97 Å². The first-order valence-electron chi connectivity index (χ1n) is 10.3. The van der Waals surface area contributed by atoms with Crippen LogP contribution in [0.1, 0.15) is 60.3 Å². The number of hydrogen-bond acceptors (Lipinski definition) is 4. The van der Waals surface area contributed by atoms with E-state index in [9.17, 15) is 18.0 Å². The van der Waals surface area contributed by atoms with Gasteiger partial charge in [-0.15, -0.1) is 0 Å². The number of alkyl halides is 3. The lowest BCUT2D eigenvalue weighted by Gasteiger charge is -2.31. The molecule has 6 nitrogen and oxygen atoms in total. The van der Waals surface area contributed by atoms with Gasteiger partial charge in [-0.2, -0.15) is 13.2 Å². The Kier molecular flexibility index (Phi) is 5.79.